The minimum atomic E-state index is -0.420. The van der Waals surface area contributed by atoms with Gasteiger partial charge in [0, 0.05) is 6.20 Å². The van der Waals surface area contributed by atoms with Crippen LogP contribution < -0.4 is 4.74 Å². The van der Waals surface area contributed by atoms with E-state index in [2.05, 4.69) is 9.94 Å². The molecule has 6 nitrogen and oxygen atoms in total. The molecule has 0 fully saturated rings. The Morgan fingerprint density at radius 2 is 2.13 bits per heavy atom. The third kappa shape index (κ3) is 4.10. The zero-order valence-corrected chi connectivity index (χ0v) is 13.7. The van der Waals surface area contributed by atoms with Crippen molar-refractivity contribution >= 4 is 11.7 Å². The molecule has 0 aliphatic heterocycles. The average Bonchev–Trinajstić information content (AvgIpc) is 2.96. The Bertz CT molecular complexity index is 751. The Morgan fingerprint density at radius 3 is 2.74 bits per heavy atom. The van der Waals surface area contributed by atoms with E-state index in [9.17, 15) is 4.79 Å². The molecule has 120 valence electrons. The van der Waals surface area contributed by atoms with Crippen LogP contribution in [0.5, 0.6) is 5.75 Å². The quantitative estimate of drug-likeness (QED) is 0.637. The first-order valence-corrected chi connectivity index (χ1v) is 7.26. The van der Waals surface area contributed by atoms with Crippen LogP contribution in [0.1, 0.15) is 38.1 Å². The van der Waals surface area contributed by atoms with Crippen LogP contribution >= 0.6 is 0 Å². The normalized spacial score (nSPS) is 10.9. The van der Waals surface area contributed by atoms with Gasteiger partial charge in [-0.1, -0.05) is 0 Å². The van der Waals surface area contributed by atoms with E-state index in [4.69, 9.17) is 16.0 Å². The van der Waals surface area contributed by atoms with E-state index < -0.39 is 5.97 Å². The Kier molecular flexibility index (Phi) is 4.70. The van der Waals surface area contributed by atoms with Gasteiger partial charge in [-0.15, -0.1) is 0 Å². The lowest BCUT2D eigenvalue weighted by Crippen LogP contribution is -2.22. The molecular weight excluding hydrogens is 294 g/mol. The van der Waals surface area contributed by atoms with E-state index in [1.54, 1.807) is 31.3 Å². The second-order valence-corrected chi connectivity index (χ2v) is 5.87. The zero-order valence-electron chi connectivity index (χ0n) is 13.7. The highest BCUT2D eigenvalue weighted by Crippen LogP contribution is 2.32. The molecule has 6 heteroatoms. The number of carbonyl (C=O) groups excluding carboxylic acids is 1. The molecule has 0 unspecified atom stereocenters. The molecule has 0 atom stereocenters. The second kappa shape index (κ2) is 6.53. The van der Waals surface area contributed by atoms with Crippen molar-refractivity contribution < 1.29 is 14.3 Å². The molecule has 23 heavy (non-hydrogen) atoms. The van der Waals surface area contributed by atoms with Crippen LogP contribution in [-0.2, 0) is 4.74 Å². The lowest BCUT2D eigenvalue weighted by molar-refractivity contribution is 0.0526. The van der Waals surface area contributed by atoms with Crippen molar-refractivity contribution in [1.82, 2.24) is 9.78 Å². The van der Waals surface area contributed by atoms with Crippen molar-refractivity contribution in [3.63, 3.8) is 0 Å². The maximum absolute atomic E-state index is 11.7. The van der Waals surface area contributed by atoms with Crippen LogP contribution in [0.3, 0.4) is 0 Å². The molecule has 0 aliphatic rings. The highest BCUT2D eigenvalue weighted by Gasteiger charge is 2.16. The zero-order chi connectivity index (χ0) is 17.0. The predicted molar refractivity (Wildman–Crippen MR) is 86.2 cm³/mol. The Hall–Kier alpha value is -2.81. The van der Waals surface area contributed by atoms with E-state index >= 15 is 0 Å². The van der Waals surface area contributed by atoms with Gasteiger partial charge >= 0.3 is 5.97 Å². The SMILES string of the molecule is [C-]#[N+]c1cc(-n2cc(C(=O)OCC)cn2)ccc1OC(C)(C)C. The summed E-state index contributed by atoms with van der Waals surface area (Å²) < 4.78 is 12.2. The van der Waals surface area contributed by atoms with Crippen molar-refractivity contribution in [3.05, 3.63) is 47.6 Å². The minimum Gasteiger partial charge on any atom is -0.499 e. The largest absolute Gasteiger partial charge is 0.499 e. The van der Waals surface area contributed by atoms with Crippen molar-refractivity contribution in [2.75, 3.05) is 6.61 Å². The lowest BCUT2D eigenvalue weighted by Gasteiger charge is -2.22. The molecule has 0 spiro atoms. The third-order valence-corrected chi connectivity index (χ3v) is 2.84. The molecule has 2 aromatic rings. The van der Waals surface area contributed by atoms with Crippen molar-refractivity contribution in [1.29, 1.82) is 0 Å². The molecule has 0 N–H and O–H groups in total. The van der Waals surface area contributed by atoms with E-state index in [0.29, 0.717) is 29.3 Å². The van der Waals surface area contributed by atoms with Crippen LogP contribution in [-0.4, -0.2) is 28.0 Å². The molecule has 1 aromatic heterocycles. The number of benzene rings is 1. The summed E-state index contributed by atoms with van der Waals surface area (Å²) in [5.41, 5.74) is 1.05. The molecular formula is C17H19N3O3. The van der Waals surface area contributed by atoms with Crippen molar-refractivity contribution in [2.45, 2.75) is 33.3 Å². The molecule has 0 amide bonds. The van der Waals surface area contributed by atoms with Crippen molar-refractivity contribution in [2.24, 2.45) is 0 Å². The minimum absolute atomic E-state index is 0.310. The fourth-order valence-electron chi connectivity index (χ4n) is 1.94. The van der Waals surface area contributed by atoms with Gasteiger partial charge < -0.3 is 9.47 Å². The van der Waals surface area contributed by atoms with E-state index in [-0.39, 0.29) is 5.60 Å². The number of hydrogen-bond donors (Lipinski definition) is 0. The molecule has 0 radical (unpaired) electrons. The number of ether oxygens (including phenoxy) is 2. The maximum atomic E-state index is 11.7. The first-order valence-electron chi connectivity index (χ1n) is 7.26. The highest BCUT2D eigenvalue weighted by molar-refractivity contribution is 5.88. The summed E-state index contributed by atoms with van der Waals surface area (Å²) in [7, 11) is 0. The molecule has 0 bridgehead atoms. The fraction of sp³-hybridized carbons (Fsp3) is 0.353. The average molecular weight is 313 g/mol. The first-order chi connectivity index (χ1) is 10.8. The summed E-state index contributed by atoms with van der Waals surface area (Å²) in [6.45, 7) is 15.2. The Balaban J connectivity index is 2.31. The summed E-state index contributed by atoms with van der Waals surface area (Å²) in [5.74, 6) is 0.103. The van der Waals surface area contributed by atoms with Crippen LogP contribution in [0.15, 0.2) is 30.6 Å². The summed E-state index contributed by atoms with van der Waals surface area (Å²) >= 11 is 0. The maximum Gasteiger partial charge on any atom is 0.341 e. The van der Waals surface area contributed by atoms with Crippen LogP contribution in [0.4, 0.5) is 5.69 Å². The van der Waals surface area contributed by atoms with Crippen molar-refractivity contribution in [3.8, 4) is 11.4 Å². The van der Waals surface area contributed by atoms with Gasteiger partial charge in [0.1, 0.15) is 5.75 Å². The first kappa shape index (κ1) is 16.6. The Morgan fingerprint density at radius 1 is 1.39 bits per heavy atom. The van der Waals surface area contributed by atoms with E-state index in [0.717, 1.165) is 0 Å². The predicted octanol–water partition coefficient (Wildman–Crippen LogP) is 3.78. The number of nitrogens with zero attached hydrogens (tertiary/aromatic N) is 3. The van der Waals surface area contributed by atoms with Gasteiger partial charge in [0.15, 0.2) is 0 Å². The number of esters is 1. The number of aromatic nitrogens is 2. The molecule has 0 aliphatic carbocycles. The van der Waals surface area contributed by atoms with Gasteiger partial charge in [0.2, 0.25) is 5.69 Å². The molecule has 0 saturated heterocycles. The second-order valence-electron chi connectivity index (χ2n) is 5.87. The Labute approximate surface area is 135 Å². The summed E-state index contributed by atoms with van der Waals surface area (Å²) in [6, 6.07) is 5.20. The topological polar surface area (TPSA) is 57.7 Å². The summed E-state index contributed by atoms with van der Waals surface area (Å²) in [4.78, 5) is 15.2. The highest BCUT2D eigenvalue weighted by atomic mass is 16.5. The summed E-state index contributed by atoms with van der Waals surface area (Å²) in [6.07, 6.45) is 3.01. The molecule has 0 saturated carbocycles. The lowest BCUT2D eigenvalue weighted by atomic mass is 10.2. The molecule has 1 heterocycles. The van der Waals surface area contributed by atoms with Gasteiger partial charge in [-0.25, -0.2) is 14.3 Å². The third-order valence-electron chi connectivity index (χ3n) is 2.84. The number of carbonyl (C=O) groups is 1. The van der Waals surface area contributed by atoms with Crippen LogP contribution in [0, 0.1) is 6.57 Å². The van der Waals surface area contributed by atoms with Crippen LogP contribution in [0.25, 0.3) is 10.5 Å². The number of rotatable bonds is 4. The van der Waals surface area contributed by atoms with E-state index in [1.165, 1.54) is 10.9 Å². The van der Waals surface area contributed by atoms with Gasteiger partial charge in [0.25, 0.3) is 0 Å². The van der Waals surface area contributed by atoms with E-state index in [1.807, 2.05) is 20.8 Å². The number of hydrogen-bond acceptors (Lipinski definition) is 4. The summed E-state index contributed by atoms with van der Waals surface area (Å²) in [5, 5.41) is 4.14. The molecule has 2 rings (SSSR count). The monoisotopic (exact) mass is 313 g/mol. The standard InChI is InChI=1S/C17H19N3O3/c1-6-22-16(21)12-10-19-20(11-12)13-7-8-15(14(9-13)18-5)23-17(2,3)4/h7-11H,6H2,1-4H3. The smallest absolute Gasteiger partial charge is 0.341 e. The van der Waals surface area contributed by atoms with Gasteiger partial charge in [-0.05, 0) is 45.9 Å². The fourth-order valence-corrected chi connectivity index (χ4v) is 1.94. The van der Waals surface area contributed by atoms with Gasteiger partial charge in [-0.3, -0.25) is 0 Å². The van der Waals surface area contributed by atoms with Crippen LogP contribution in [0.2, 0.25) is 0 Å². The van der Waals surface area contributed by atoms with Gasteiger partial charge in [0.05, 0.1) is 36.2 Å². The van der Waals surface area contributed by atoms with Gasteiger partial charge in [-0.2, -0.15) is 5.10 Å². The molecule has 1 aromatic carbocycles.